The number of likely N-dealkylation sites (N-methyl/N-ethyl adjacent to an activating group) is 1. The van der Waals surface area contributed by atoms with Crippen LogP contribution in [0.2, 0.25) is 0 Å². The van der Waals surface area contributed by atoms with E-state index in [0.29, 0.717) is 28.1 Å². The zero-order chi connectivity index (χ0) is 21.4. The molecule has 0 aliphatic rings. The first-order valence-corrected chi connectivity index (χ1v) is 10.4. The number of carbonyl (C=O) groups excluding carboxylic acids is 1. The summed E-state index contributed by atoms with van der Waals surface area (Å²) in [6, 6.07) is 11.4. The largest absolute Gasteiger partial charge is 0.497 e. The van der Waals surface area contributed by atoms with Crippen molar-refractivity contribution in [3.63, 3.8) is 0 Å². The van der Waals surface area contributed by atoms with Gasteiger partial charge < -0.3 is 19.5 Å². The van der Waals surface area contributed by atoms with Gasteiger partial charge in [-0.3, -0.25) is 9.69 Å². The Bertz CT molecular complexity index is 799. The highest BCUT2D eigenvalue weighted by molar-refractivity contribution is 9.10. The minimum atomic E-state index is -0.186. The Kier molecular flexibility index (Phi) is 8.79. The first-order chi connectivity index (χ1) is 14.0. The van der Waals surface area contributed by atoms with Crippen LogP contribution in [0.15, 0.2) is 40.9 Å². The quantitative estimate of drug-likeness (QED) is 0.568. The summed E-state index contributed by atoms with van der Waals surface area (Å²) < 4.78 is 16.7. The van der Waals surface area contributed by atoms with Crippen molar-refractivity contribution >= 4 is 21.8 Å². The molecule has 7 heteroatoms. The second kappa shape index (κ2) is 11.1. The summed E-state index contributed by atoms with van der Waals surface area (Å²) in [6.07, 6.45) is 0. The lowest BCUT2D eigenvalue weighted by Crippen LogP contribution is -2.38. The number of halogens is 1. The molecule has 0 aromatic heterocycles. The van der Waals surface area contributed by atoms with Gasteiger partial charge in [-0.2, -0.15) is 0 Å². The molecule has 158 valence electrons. The van der Waals surface area contributed by atoms with E-state index < -0.39 is 0 Å². The molecule has 1 atom stereocenters. The zero-order valence-corrected chi connectivity index (χ0v) is 19.2. The molecule has 6 nitrogen and oxygen atoms in total. The van der Waals surface area contributed by atoms with Crippen LogP contribution in [-0.2, 0) is 0 Å². The standard InChI is InChI=1S/C22H29BrN2O4/c1-6-25(7-2)18(15-9-8-10-17(11-15)27-3)14-24-22(26)16-12-19(28-4)21(23)20(13-16)29-5/h8-13,18H,6-7,14H2,1-5H3,(H,24,26). The molecule has 2 rings (SSSR count). The molecule has 0 saturated heterocycles. The molecule has 1 unspecified atom stereocenters. The summed E-state index contributed by atoms with van der Waals surface area (Å²) in [7, 11) is 4.77. The maximum Gasteiger partial charge on any atom is 0.251 e. The van der Waals surface area contributed by atoms with E-state index in [1.807, 2.05) is 18.2 Å². The topological polar surface area (TPSA) is 60.0 Å². The third-order valence-corrected chi connectivity index (χ3v) is 5.68. The number of amides is 1. The van der Waals surface area contributed by atoms with Gasteiger partial charge in [0.1, 0.15) is 21.7 Å². The first-order valence-electron chi connectivity index (χ1n) is 9.56. The number of ether oxygens (including phenoxy) is 3. The first kappa shape index (κ1) is 23.0. The summed E-state index contributed by atoms with van der Waals surface area (Å²) in [5.41, 5.74) is 1.57. The van der Waals surface area contributed by atoms with Crippen LogP contribution < -0.4 is 19.5 Å². The molecule has 0 radical (unpaired) electrons. The average Bonchev–Trinajstić information content (AvgIpc) is 2.76. The Hall–Kier alpha value is -2.25. The molecule has 0 spiro atoms. The number of carbonyl (C=O) groups is 1. The molecule has 0 aliphatic carbocycles. The Labute approximate surface area is 181 Å². The van der Waals surface area contributed by atoms with Crippen molar-refractivity contribution in [3.8, 4) is 17.2 Å². The van der Waals surface area contributed by atoms with Gasteiger partial charge >= 0.3 is 0 Å². The van der Waals surface area contributed by atoms with Crippen LogP contribution in [0, 0.1) is 0 Å². The fraction of sp³-hybridized carbons (Fsp3) is 0.409. The van der Waals surface area contributed by atoms with Crippen LogP contribution in [0.25, 0.3) is 0 Å². The molecule has 0 aliphatic heterocycles. The van der Waals surface area contributed by atoms with E-state index in [0.717, 1.165) is 24.4 Å². The van der Waals surface area contributed by atoms with Crippen molar-refractivity contribution in [1.82, 2.24) is 10.2 Å². The molecule has 1 N–H and O–H groups in total. The fourth-order valence-corrected chi connectivity index (χ4v) is 3.82. The van der Waals surface area contributed by atoms with Crippen molar-refractivity contribution in [2.75, 3.05) is 41.0 Å². The molecular weight excluding hydrogens is 436 g/mol. The maximum atomic E-state index is 12.9. The van der Waals surface area contributed by atoms with Crippen LogP contribution >= 0.6 is 15.9 Å². The van der Waals surface area contributed by atoms with Gasteiger partial charge in [0.25, 0.3) is 5.91 Å². The fourth-order valence-electron chi connectivity index (χ4n) is 3.26. The Morgan fingerprint density at radius 1 is 1.03 bits per heavy atom. The van der Waals surface area contributed by atoms with Crippen molar-refractivity contribution in [2.45, 2.75) is 19.9 Å². The second-order valence-corrected chi connectivity index (χ2v) is 7.21. The van der Waals surface area contributed by atoms with Gasteiger partial charge in [0.05, 0.1) is 27.4 Å². The van der Waals surface area contributed by atoms with E-state index in [1.54, 1.807) is 33.5 Å². The maximum absolute atomic E-state index is 12.9. The van der Waals surface area contributed by atoms with Crippen molar-refractivity contribution in [3.05, 3.63) is 52.0 Å². The lowest BCUT2D eigenvalue weighted by molar-refractivity contribution is 0.0934. The molecule has 29 heavy (non-hydrogen) atoms. The number of hydrogen-bond donors (Lipinski definition) is 1. The summed E-state index contributed by atoms with van der Waals surface area (Å²) >= 11 is 3.43. The van der Waals surface area contributed by atoms with Gasteiger partial charge in [0.2, 0.25) is 0 Å². The van der Waals surface area contributed by atoms with Gasteiger partial charge in [-0.1, -0.05) is 26.0 Å². The highest BCUT2D eigenvalue weighted by atomic mass is 79.9. The molecule has 2 aromatic rings. The van der Waals surface area contributed by atoms with Crippen LogP contribution in [0.3, 0.4) is 0 Å². The normalized spacial score (nSPS) is 11.8. The monoisotopic (exact) mass is 464 g/mol. The zero-order valence-electron chi connectivity index (χ0n) is 17.6. The molecule has 0 heterocycles. The van der Waals surface area contributed by atoms with Crippen molar-refractivity contribution in [2.24, 2.45) is 0 Å². The summed E-state index contributed by atoms with van der Waals surface area (Å²) in [5, 5.41) is 3.06. The number of nitrogens with one attached hydrogen (secondary N) is 1. The molecule has 1 amide bonds. The number of benzene rings is 2. The highest BCUT2D eigenvalue weighted by Gasteiger charge is 2.21. The summed E-state index contributed by atoms with van der Waals surface area (Å²) in [6.45, 7) is 6.43. The number of nitrogens with zero attached hydrogens (tertiary/aromatic N) is 1. The average molecular weight is 465 g/mol. The summed E-state index contributed by atoms with van der Waals surface area (Å²) in [4.78, 5) is 15.2. The molecule has 2 aromatic carbocycles. The minimum Gasteiger partial charge on any atom is -0.497 e. The van der Waals surface area contributed by atoms with Crippen LogP contribution in [-0.4, -0.2) is 51.8 Å². The van der Waals surface area contributed by atoms with Crippen molar-refractivity contribution in [1.29, 1.82) is 0 Å². The number of hydrogen-bond acceptors (Lipinski definition) is 5. The van der Waals surface area contributed by atoms with Crippen LogP contribution in [0.1, 0.15) is 35.8 Å². The van der Waals surface area contributed by atoms with E-state index >= 15 is 0 Å². The second-order valence-electron chi connectivity index (χ2n) is 6.42. The van der Waals surface area contributed by atoms with E-state index in [-0.39, 0.29) is 11.9 Å². The predicted octanol–water partition coefficient (Wildman–Crippen LogP) is 4.29. The molecule has 0 saturated carbocycles. The van der Waals surface area contributed by atoms with Gasteiger partial charge in [0.15, 0.2) is 0 Å². The van der Waals surface area contributed by atoms with Gasteiger partial charge in [-0.05, 0) is 58.8 Å². The van der Waals surface area contributed by atoms with E-state index in [9.17, 15) is 4.79 Å². The molecule has 0 bridgehead atoms. The lowest BCUT2D eigenvalue weighted by Gasteiger charge is -2.30. The molecular formula is C22H29BrN2O4. The van der Waals surface area contributed by atoms with Crippen molar-refractivity contribution < 1.29 is 19.0 Å². The molecule has 0 fully saturated rings. The van der Waals surface area contributed by atoms with Gasteiger partial charge in [-0.25, -0.2) is 0 Å². The van der Waals surface area contributed by atoms with E-state index in [4.69, 9.17) is 14.2 Å². The highest BCUT2D eigenvalue weighted by Crippen LogP contribution is 2.35. The van der Waals surface area contributed by atoms with Crippen LogP contribution in [0.5, 0.6) is 17.2 Å². The Balaban J connectivity index is 2.25. The third-order valence-electron chi connectivity index (χ3n) is 4.90. The Morgan fingerprint density at radius 2 is 1.66 bits per heavy atom. The van der Waals surface area contributed by atoms with E-state index in [2.05, 4.69) is 46.1 Å². The smallest absolute Gasteiger partial charge is 0.251 e. The number of methoxy groups -OCH3 is 3. The number of rotatable bonds is 10. The van der Waals surface area contributed by atoms with Gasteiger partial charge in [-0.15, -0.1) is 0 Å². The SMILES string of the molecule is CCN(CC)C(CNC(=O)c1cc(OC)c(Br)c(OC)c1)c1cccc(OC)c1. The van der Waals surface area contributed by atoms with E-state index in [1.165, 1.54) is 0 Å². The van der Waals surface area contributed by atoms with Gasteiger partial charge in [0, 0.05) is 12.1 Å². The Morgan fingerprint density at radius 3 is 2.17 bits per heavy atom. The predicted molar refractivity (Wildman–Crippen MR) is 118 cm³/mol. The lowest BCUT2D eigenvalue weighted by atomic mass is 10.0. The summed E-state index contributed by atoms with van der Waals surface area (Å²) in [5.74, 6) is 1.70. The van der Waals surface area contributed by atoms with Crippen LogP contribution in [0.4, 0.5) is 0 Å². The minimum absolute atomic E-state index is 0.0308. The third kappa shape index (κ3) is 5.64.